The molecular weight excluding hydrogens is 567 g/mol. The molecule has 0 spiro atoms. The summed E-state index contributed by atoms with van der Waals surface area (Å²) in [6, 6.07) is 47.6. The van der Waals surface area contributed by atoms with Crippen LogP contribution >= 0.6 is 0 Å². The Morgan fingerprint density at radius 2 is 0.733 bits per heavy atom. The first-order valence-electron chi connectivity index (χ1n) is 15.1. The molecule has 0 atom stereocenters. The smallest absolute Gasteiger partial charge is 0.164 e. The summed E-state index contributed by atoms with van der Waals surface area (Å²) in [6.07, 6.45) is 0. The predicted molar refractivity (Wildman–Crippen MR) is 185 cm³/mol. The summed E-state index contributed by atoms with van der Waals surface area (Å²) in [5.74, 6) is 2.62. The Bertz CT molecular complexity index is 2110. The van der Waals surface area contributed by atoms with Crippen LogP contribution in [0.4, 0.5) is 0 Å². The third-order valence-corrected chi connectivity index (χ3v) is 12.0. The van der Waals surface area contributed by atoms with Crippen molar-refractivity contribution in [1.82, 2.24) is 24.9 Å². The van der Waals surface area contributed by atoms with E-state index in [-0.39, 0.29) is 0 Å². The Balaban J connectivity index is 1.25. The Morgan fingerprint density at radius 3 is 1.24 bits per heavy atom. The van der Waals surface area contributed by atoms with Crippen molar-refractivity contribution in [3.05, 3.63) is 140 Å². The molecule has 0 saturated carbocycles. The monoisotopic (exact) mass is 595 g/mol. The number of nitrogens with zero attached hydrogens (tertiary/aromatic N) is 5. The first-order chi connectivity index (χ1) is 22.1. The first-order valence-corrected chi connectivity index (χ1v) is 18.1. The van der Waals surface area contributed by atoms with E-state index in [9.17, 15) is 0 Å². The lowest BCUT2D eigenvalue weighted by Gasteiger charge is -2.21. The standard InChI is InChI=1S/C39H29N5Si/c1-45(2)32-21-13-12-20-31(32)34-35(45)33(26-14-6-3-7-15-26)40-36(41-34)29-22-24-30(25-23-29)39-43-37(27-16-8-4-9-17-27)42-38(44-39)28-18-10-5-11-19-28/h3-25H,1-2H3. The van der Waals surface area contributed by atoms with Crippen molar-refractivity contribution in [2.24, 2.45) is 0 Å². The fourth-order valence-corrected chi connectivity index (χ4v) is 9.49. The number of hydrogen-bond donors (Lipinski definition) is 0. The summed E-state index contributed by atoms with van der Waals surface area (Å²) in [4.78, 5) is 25.1. The molecule has 0 radical (unpaired) electrons. The van der Waals surface area contributed by atoms with Gasteiger partial charge < -0.3 is 0 Å². The highest BCUT2D eigenvalue weighted by molar-refractivity contribution is 7.04. The highest BCUT2D eigenvalue weighted by Crippen LogP contribution is 2.34. The fraction of sp³-hybridized carbons (Fsp3) is 0.0513. The van der Waals surface area contributed by atoms with Gasteiger partial charge in [0.1, 0.15) is 8.07 Å². The number of rotatable bonds is 5. The third kappa shape index (κ3) is 4.76. The van der Waals surface area contributed by atoms with Crippen molar-refractivity contribution < 1.29 is 0 Å². The zero-order valence-corrected chi connectivity index (χ0v) is 26.0. The molecule has 45 heavy (non-hydrogen) atoms. The first kappa shape index (κ1) is 27.0. The summed E-state index contributed by atoms with van der Waals surface area (Å²) < 4.78 is 0. The van der Waals surface area contributed by atoms with Crippen LogP contribution < -0.4 is 10.4 Å². The Kier molecular flexibility index (Phi) is 6.50. The van der Waals surface area contributed by atoms with Crippen LogP contribution in [-0.2, 0) is 0 Å². The number of benzene rings is 5. The van der Waals surface area contributed by atoms with Gasteiger partial charge in [-0.1, -0.05) is 153 Å². The van der Waals surface area contributed by atoms with E-state index in [1.54, 1.807) is 0 Å². The van der Waals surface area contributed by atoms with Crippen LogP contribution in [0, 0.1) is 0 Å². The molecule has 1 aliphatic heterocycles. The van der Waals surface area contributed by atoms with Crippen LogP contribution in [0.15, 0.2) is 140 Å². The predicted octanol–water partition coefficient (Wildman–Crippen LogP) is 7.80. The van der Waals surface area contributed by atoms with Gasteiger partial charge in [-0.15, -0.1) is 0 Å². The van der Waals surface area contributed by atoms with E-state index in [1.165, 1.54) is 15.9 Å². The van der Waals surface area contributed by atoms with Crippen LogP contribution in [0.1, 0.15) is 0 Å². The lowest BCUT2D eigenvalue weighted by Crippen LogP contribution is -2.50. The van der Waals surface area contributed by atoms with E-state index >= 15 is 0 Å². The van der Waals surface area contributed by atoms with Crippen molar-refractivity contribution in [1.29, 1.82) is 0 Å². The molecule has 5 nitrogen and oxygen atoms in total. The second-order valence-corrected chi connectivity index (χ2v) is 16.1. The second-order valence-electron chi connectivity index (χ2n) is 11.8. The SMILES string of the molecule is C[Si]1(C)c2ccccc2-c2nc(-c3ccc(-c4nc(-c5ccccc5)nc(-c5ccccc5)n4)cc3)nc(-c3ccccc3)c21. The van der Waals surface area contributed by atoms with Crippen LogP contribution in [-0.4, -0.2) is 33.0 Å². The van der Waals surface area contributed by atoms with Crippen LogP contribution in [0.5, 0.6) is 0 Å². The Labute approximate surface area is 263 Å². The van der Waals surface area contributed by atoms with E-state index in [4.69, 9.17) is 24.9 Å². The molecular formula is C39H29N5Si. The zero-order chi connectivity index (χ0) is 30.4. The van der Waals surface area contributed by atoms with Gasteiger partial charge in [-0.25, -0.2) is 24.9 Å². The molecule has 0 unspecified atom stereocenters. The van der Waals surface area contributed by atoms with Gasteiger partial charge in [0, 0.05) is 27.8 Å². The maximum atomic E-state index is 5.26. The summed E-state index contributed by atoms with van der Waals surface area (Å²) in [5.41, 5.74) is 8.19. The summed E-state index contributed by atoms with van der Waals surface area (Å²) in [7, 11) is -2.00. The van der Waals surface area contributed by atoms with Gasteiger partial charge in [0.25, 0.3) is 0 Å². The molecule has 2 aromatic heterocycles. The number of fused-ring (bicyclic) bond motifs is 3. The van der Waals surface area contributed by atoms with E-state index < -0.39 is 8.07 Å². The van der Waals surface area contributed by atoms with Gasteiger partial charge in [0.05, 0.1) is 11.4 Å². The van der Waals surface area contributed by atoms with Crippen molar-refractivity contribution in [2.45, 2.75) is 13.1 Å². The highest BCUT2D eigenvalue weighted by atomic mass is 28.3. The van der Waals surface area contributed by atoms with Gasteiger partial charge in [-0.3, -0.25) is 0 Å². The molecule has 214 valence electrons. The van der Waals surface area contributed by atoms with Gasteiger partial charge in [0.15, 0.2) is 23.3 Å². The molecule has 5 aromatic carbocycles. The van der Waals surface area contributed by atoms with Crippen LogP contribution in [0.3, 0.4) is 0 Å². The Hall–Kier alpha value is -5.59. The largest absolute Gasteiger partial charge is 0.228 e. The van der Waals surface area contributed by atoms with Gasteiger partial charge in [0.2, 0.25) is 0 Å². The lowest BCUT2D eigenvalue weighted by molar-refractivity contribution is 1.07. The molecule has 8 rings (SSSR count). The highest BCUT2D eigenvalue weighted by Gasteiger charge is 2.41. The normalized spacial score (nSPS) is 12.8. The lowest BCUT2D eigenvalue weighted by atomic mass is 10.1. The van der Waals surface area contributed by atoms with Crippen molar-refractivity contribution >= 4 is 18.4 Å². The number of aromatic nitrogens is 5. The number of hydrogen-bond acceptors (Lipinski definition) is 5. The van der Waals surface area contributed by atoms with Crippen LogP contribution in [0.2, 0.25) is 13.1 Å². The molecule has 0 saturated heterocycles. The van der Waals surface area contributed by atoms with Crippen molar-refractivity contribution in [3.8, 4) is 68.1 Å². The third-order valence-electron chi connectivity index (χ3n) is 8.54. The molecule has 3 heterocycles. The molecule has 0 amide bonds. The van der Waals surface area contributed by atoms with E-state index in [2.05, 4.69) is 92.0 Å². The molecule has 1 aliphatic rings. The van der Waals surface area contributed by atoms with Gasteiger partial charge in [-0.2, -0.15) is 0 Å². The van der Waals surface area contributed by atoms with E-state index in [0.29, 0.717) is 23.3 Å². The average molecular weight is 596 g/mol. The minimum Gasteiger partial charge on any atom is -0.228 e. The Morgan fingerprint density at radius 1 is 0.356 bits per heavy atom. The van der Waals surface area contributed by atoms with Crippen LogP contribution in [0.25, 0.3) is 68.1 Å². The zero-order valence-electron chi connectivity index (χ0n) is 25.0. The van der Waals surface area contributed by atoms with Crippen molar-refractivity contribution in [2.75, 3.05) is 0 Å². The minimum absolute atomic E-state index is 0.621. The summed E-state index contributed by atoms with van der Waals surface area (Å²) in [6.45, 7) is 4.81. The maximum Gasteiger partial charge on any atom is 0.164 e. The average Bonchev–Trinajstić information content (AvgIpc) is 3.35. The molecule has 0 fully saturated rings. The quantitative estimate of drug-likeness (QED) is 0.190. The van der Waals surface area contributed by atoms with Gasteiger partial charge in [-0.05, 0) is 15.9 Å². The molecule has 0 aliphatic carbocycles. The second kappa shape index (κ2) is 10.8. The fourth-order valence-electron chi connectivity index (χ4n) is 6.26. The topological polar surface area (TPSA) is 64.5 Å². The van der Waals surface area contributed by atoms with E-state index in [0.717, 1.165) is 39.2 Å². The molecule has 6 heteroatoms. The molecule has 0 bridgehead atoms. The van der Waals surface area contributed by atoms with Crippen molar-refractivity contribution in [3.63, 3.8) is 0 Å². The van der Waals surface area contributed by atoms with E-state index in [1.807, 2.05) is 60.7 Å². The summed E-state index contributed by atoms with van der Waals surface area (Å²) >= 11 is 0. The maximum absolute atomic E-state index is 5.26. The molecule has 0 N–H and O–H groups in total. The molecule has 7 aromatic rings. The van der Waals surface area contributed by atoms with Gasteiger partial charge >= 0.3 is 0 Å². The minimum atomic E-state index is -2.00. The summed E-state index contributed by atoms with van der Waals surface area (Å²) in [5, 5.41) is 2.72.